The number of fused-ring (bicyclic) bond motifs is 1. The zero-order valence-corrected chi connectivity index (χ0v) is 13.0. The molecule has 1 N–H and O–H groups in total. The summed E-state index contributed by atoms with van der Waals surface area (Å²) in [5.74, 6) is 0.0882. The predicted molar refractivity (Wildman–Crippen MR) is 94.2 cm³/mol. The molecule has 0 atom stereocenters. The third kappa shape index (κ3) is 2.67. The Morgan fingerprint density at radius 3 is 2.60 bits per heavy atom. The zero-order valence-electron chi connectivity index (χ0n) is 13.0. The molecule has 0 aliphatic heterocycles. The van der Waals surface area contributed by atoms with Crippen LogP contribution in [-0.2, 0) is 0 Å². The molecule has 7 heteroatoms. The van der Waals surface area contributed by atoms with Crippen molar-refractivity contribution in [2.24, 2.45) is 5.10 Å². The van der Waals surface area contributed by atoms with Gasteiger partial charge in [0.25, 0.3) is 5.56 Å². The van der Waals surface area contributed by atoms with Crippen molar-refractivity contribution in [2.75, 3.05) is 0 Å². The topological polar surface area (TPSA) is 85.3 Å². The number of nitrogens with zero attached hydrogens (tertiary/aromatic N) is 5. The highest BCUT2D eigenvalue weighted by atomic mass is 16.3. The molecule has 0 aliphatic carbocycles. The van der Waals surface area contributed by atoms with E-state index in [2.05, 4.69) is 15.2 Å². The Hall–Kier alpha value is -3.74. The highest BCUT2D eigenvalue weighted by Gasteiger charge is 2.10. The van der Waals surface area contributed by atoms with Gasteiger partial charge in [-0.15, -0.1) is 0 Å². The number of phenolic OH excluding ortho intramolecular Hbond substituents is 1. The fourth-order valence-corrected chi connectivity index (χ4v) is 2.46. The van der Waals surface area contributed by atoms with Crippen LogP contribution in [0.4, 0.5) is 0 Å². The third-order valence-corrected chi connectivity index (χ3v) is 3.73. The molecule has 2 heterocycles. The molecule has 2 aromatic heterocycles. The molecule has 0 aliphatic rings. The van der Waals surface area contributed by atoms with Crippen molar-refractivity contribution in [2.45, 2.75) is 0 Å². The number of hydrogen-bond acceptors (Lipinski definition) is 5. The van der Waals surface area contributed by atoms with Crippen molar-refractivity contribution < 1.29 is 5.11 Å². The summed E-state index contributed by atoms with van der Waals surface area (Å²) in [7, 11) is 0. The molecule has 122 valence electrons. The Morgan fingerprint density at radius 1 is 1.04 bits per heavy atom. The summed E-state index contributed by atoms with van der Waals surface area (Å²) >= 11 is 0. The number of rotatable bonds is 3. The van der Waals surface area contributed by atoms with Crippen LogP contribution in [0.3, 0.4) is 0 Å². The highest BCUT2D eigenvalue weighted by molar-refractivity contribution is 5.83. The van der Waals surface area contributed by atoms with Gasteiger partial charge in [0.1, 0.15) is 17.5 Å². The summed E-state index contributed by atoms with van der Waals surface area (Å²) in [5.41, 5.74) is 1.46. The van der Waals surface area contributed by atoms with Crippen molar-refractivity contribution in [1.82, 2.24) is 19.4 Å². The summed E-state index contributed by atoms with van der Waals surface area (Å²) in [4.78, 5) is 16.9. The summed E-state index contributed by atoms with van der Waals surface area (Å²) in [5, 5.41) is 18.5. The molecule has 0 radical (unpaired) electrons. The van der Waals surface area contributed by atoms with Crippen LogP contribution in [0.15, 0.2) is 77.0 Å². The second-order valence-electron chi connectivity index (χ2n) is 5.33. The van der Waals surface area contributed by atoms with Crippen molar-refractivity contribution >= 4 is 17.2 Å². The van der Waals surface area contributed by atoms with E-state index in [0.717, 1.165) is 10.4 Å². The van der Waals surface area contributed by atoms with Gasteiger partial charge in [0, 0.05) is 5.56 Å². The van der Waals surface area contributed by atoms with Crippen molar-refractivity contribution in [3.05, 3.63) is 83.0 Å². The van der Waals surface area contributed by atoms with Crippen molar-refractivity contribution in [1.29, 1.82) is 0 Å². The average Bonchev–Trinajstić information content (AvgIpc) is 3.08. The number of aromatic hydroxyl groups is 1. The summed E-state index contributed by atoms with van der Waals surface area (Å²) in [6, 6.07) is 16.2. The molecule has 4 rings (SSSR count). The first kappa shape index (κ1) is 14.8. The smallest absolute Gasteiger partial charge is 0.285 e. The number of aromatic nitrogens is 4. The number of phenols is 1. The fraction of sp³-hybridized carbons (Fsp3) is 0. The minimum absolute atomic E-state index is 0.0882. The molecule has 0 saturated carbocycles. The summed E-state index contributed by atoms with van der Waals surface area (Å²) in [6.07, 6.45) is 4.22. The van der Waals surface area contributed by atoms with E-state index in [0.29, 0.717) is 16.6 Å². The lowest BCUT2D eigenvalue weighted by Gasteiger charge is -2.03. The van der Waals surface area contributed by atoms with Crippen LogP contribution in [0, 0.1) is 0 Å². The standard InChI is InChI=1S/C18H13N5O2/c24-16-9-5-4-6-13(16)10-20-22-12-19-17-15(18(22)25)11-21-23(17)14-7-2-1-3-8-14/h1-12,24H/b20-10+. The van der Waals surface area contributed by atoms with Gasteiger partial charge in [-0.2, -0.15) is 14.9 Å². The maximum Gasteiger partial charge on any atom is 0.285 e. The maximum absolute atomic E-state index is 12.6. The van der Waals surface area contributed by atoms with Gasteiger partial charge in [-0.1, -0.05) is 30.3 Å². The maximum atomic E-state index is 12.6. The van der Waals surface area contributed by atoms with Gasteiger partial charge in [-0.05, 0) is 24.3 Å². The van der Waals surface area contributed by atoms with Crippen LogP contribution in [0.1, 0.15) is 5.56 Å². The molecule has 0 amide bonds. The molecule has 0 unspecified atom stereocenters. The molecule has 0 fully saturated rings. The first-order valence-electron chi connectivity index (χ1n) is 7.57. The van der Waals surface area contributed by atoms with Gasteiger partial charge in [0.15, 0.2) is 5.65 Å². The van der Waals surface area contributed by atoms with Gasteiger partial charge in [0.05, 0.1) is 18.1 Å². The molecular weight excluding hydrogens is 318 g/mol. The molecule has 25 heavy (non-hydrogen) atoms. The number of hydrogen-bond donors (Lipinski definition) is 1. The molecule has 0 saturated heterocycles. The monoisotopic (exact) mass is 331 g/mol. The highest BCUT2D eigenvalue weighted by Crippen LogP contribution is 2.14. The first-order valence-corrected chi connectivity index (χ1v) is 7.57. The van der Waals surface area contributed by atoms with E-state index >= 15 is 0 Å². The molecule has 2 aromatic carbocycles. The van der Waals surface area contributed by atoms with E-state index in [1.165, 1.54) is 18.7 Å². The van der Waals surface area contributed by atoms with E-state index in [9.17, 15) is 9.90 Å². The summed E-state index contributed by atoms with van der Waals surface area (Å²) < 4.78 is 2.72. The Balaban J connectivity index is 1.77. The molecule has 0 bridgehead atoms. The SMILES string of the molecule is O=c1c2cnn(-c3ccccc3)c2ncn1/N=C/c1ccccc1O. The number of para-hydroxylation sites is 2. The van der Waals surface area contributed by atoms with E-state index in [1.807, 2.05) is 30.3 Å². The quantitative estimate of drug-likeness (QED) is 0.583. The molecular formula is C18H13N5O2. The normalized spacial score (nSPS) is 11.4. The van der Waals surface area contributed by atoms with Gasteiger partial charge in [-0.3, -0.25) is 4.79 Å². The lowest BCUT2D eigenvalue weighted by Crippen LogP contribution is -2.17. The van der Waals surface area contributed by atoms with Gasteiger partial charge >= 0.3 is 0 Å². The zero-order chi connectivity index (χ0) is 17.2. The van der Waals surface area contributed by atoms with Crippen LogP contribution in [0.2, 0.25) is 0 Å². The van der Waals surface area contributed by atoms with Crippen LogP contribution in [0.5, 0.6) is 5.75 Å². The minimum Gasteiger partial charge on any atom is -0.507 e. The first-order chi connectivity index (χ1) is 12.2. The van der Waals surface area contributed by atoms with E-state index in [1.54, 1.807) is 28.9 Å². The van der Waals surface area contributed by atoms with Crippen LogP contribution in [0.25, 0.3) is 16.7 Å². The van der Waals surface area contributed by atoms with E-state index in [4.69, 9.17) is 0 Å². The van der Waals surface area contributed by atoms with Crippen LogP contribution < -0.4 is 5.56 Å². The van der Waals surface area contributed by atoms with Crippen molar-refractivity contribution in [3.63, 3.8) is 0 Å². The Labute approximate surface area is 142 Å². The van der Waals surface area contributed by atoms with Gasteiger partial charge in [-0.25, -0.2) is 9.67 Å². The number of benzene rings is 2. The average molecular weight is 331 g/mol. The van der Waals surface area contributed by atoms with Crippen molar-refractivity contribution in [3.8, 4) is 11.4 Å². The van der Waals surface area contributed by atoms with Crippen LogP contribution in [-0.4, -0.2) is 30.8 Å². The Morgan fingerprint density at radius 2 is 1.80 bits per heavy atom. The molecule has 4 aromatic rings. The van der Waals surface area contributed by atoms with Gasteiger partial charge < -0.3 is 5.11 Å². The van der Waals surface area contributed by atoms with Gasteiger partial charge in [0.2, 0.25) is 0 Å². The van der Waals surface area contributed by atoms with E-state index < -0.39 is 0 Å². The lowest BCUT2D eigenvalue weighted by molar-refractivity contribution is 0.474. The summed E-state index contributed by atoms with van der Waals surface area (Å²) in [6.45, 7) is 0. The lowest BCUT2D eigenvalue weighted by atomic mass is 10.2. The third-order valence-electron chi connectivity index (χ3n) is 3.73. The van der Waals surface area contributed by atoms with E-state index in [-0.39, 0.29) is 11.3 Å². The molecule has 0 spiro atoms. The predicted octanol–water partition coefficient (Wildman–Crippen LogP) is 2.17. The molecule has 7 nitrogen and oxygen atoms in total. The van der Waals surface area contributed by atoms with Crippen LogP contribution >= 0.6 is 0 Å². The fourth-order valence-electron chi connectivity index (χ4n) is 2.46. The minimum atomic E-state index is -0.334. The Bertz CT molecular complexity index is 1130. The Kier molecular flexibility index (Phi) is 3.59. The largest absolute Gasteiger partial charge is 0.507 e. The second-order valence-corrected chi connectivity index (χ2v) is 5.33. The second kappa shape index (κ2) is 6.04.